The Labute approximate surface area is 135 Å². The zero-order chi connectivity index (χ0) is 16.1. The zero-order valence-electron chi connectivity index (χ0n) is 14.6. The van der Waals surface area contributed by atoms with Gasteiger partial charge >= 0.3 is 0 Å². The van der Waals surface area contributed by atoms with E-state index < -0.39 is 0 Å². The third kappa shape index (κ3) is 2.54. The van der Waals surface area contributed by atoms with Crippen LogP contribution in [0.3, 0.4) is 0 Å². The molecule has 0 bridgehead atoms. The normalized spacial score (nSPS) is 21.0. The average Bonchev–Trinajstić information content (AvgIpc) is 2.94. The molecule has 0 N–H and O–H groups in total. The largest absolute Gasteiger partial charge is 0.334 e. The summed E-state index contributed by atoms with van der Waals surface area (Å²) in [6, 6.07) is 9.46. The standard InChI is InChI=1S/C21H27N/c1-14(2)16-12-17-11-15(3)22(20(17)13-16)19-9-7-18(8-10-19)21(4,5)6/h7-14,20H,1-6H3. The highest BCUT2D eigenvalue weighted by Crippen LogP contribution is 2.39. The van der Waals surface area contributed by atoms with E-state index in [0.29, 0.717) is 12.0 Å². The van der Waals surface area contributed by atoms with Crippen LogP contribution in [-0.4, -0.2) is 6.04 Å². The molecule has 1 aromatic carbocycles. The van der Waals surface area contributed by atoms with E-state index in [2.05, 4.69) is 88.9 Å². The molecule has 0 aromatic heterocycles. The van der Waals surface area contributed by atoms with Crippen LogP contribution in [0.15, 0.2) is 59.3 Å². The van der Waals surface area contributed by atoms with Crippen molar-refractivity contribution in [3.05, 3.63) is 64.9 Å². The molecule has 1 heterocycles. The summed E-state index contributed by atoms with van der Waals surface area (Å²) in [5.41, 5.74) is 7.10. The summed E-state index contributed by atoms with van der Waals surface area (Å²) >= 11 is 0. The lowest BCUT2D eigenvalue weighted by molar-refractivity contribution is 0.590. The maximum atomic E-state index is 2.45. The summed E-state index contributed by atoms with van der Waals surface area (Å²) in [7, 11) is 0. The van der Waals surface area contributed by atoms with E-state index in [1.54, 1.807) is 0 Å². The molecule has 1 nitrogen and oxygen atoms in total. The van der Waals surface area contributed by atoms with Gasteiger partial charge in [0.2, 0.25) is 0 Å². The van der Waals surface area contributed by atoms with Crippen molar-refractivity contribution in [2.75, 3.05) is 4.90 Å². The van der Waals surface area contributed by atoms with Gasteiger partial charge < -0.3 is 4.90 Å². The first-order valence-corrected chi connectivity index (χ1v) is 8.29. The lowest BCUT2D eigenvalue weighted by Gasteiger charge is -2.27. The molecular formula is C21H27N. The van der Waals surface area contributed by atoms with Gasteiger partial charge in [-0.2, -0.15) is 0 Å². The Morgan fingerprint density at radius 1 is 1.00 bits per heavy atom. The van der Waals surface area contributed by atoms with Crippen LogP contribution >= 0.6 is 0 Å². The highest BCUT2D eigenvalue weighted by Gasteiger charge is 2.31. The summed E-state index contributed by atoms with van der Waals surface area (Å²) in [4.78, 5) is 2.45. The van der Waals surface area contributed by atoms with Gasteiger partial charge in [0.05, 0.1) is 6.04 Å². The van der Waals surface area contributed by atoms with Crippen molar-refractivity contribution in [3.8, 4) is 0 Å². The van der Waals surface area contributed by atoms with Gasteiger partial charge in [-0.1, -0.05) is 58.9 Å². The first kappa shape index (κ1) is 15.1. The number of nitrogens with zero attached hydrogens (tertiary/aromatic N) is 1. The van der Waals surface area contributed by atoms with Crippen molar-refractivity contribution in [2.24, 2.45) is 5.92 Å². The van der Waals surface area contributed by atoms with E-state index in [-0.39, 0.29) is 5.41 Å². The SMILES string of the molecule is CC1=CC2=CC(C(C)C)=CC2N1c1ccc(C(C)(C)C)cc1. The predicted molar refractivity (Wildman–Crippen MR) is 96.2 cm³/mol. The van der Waals surface area contributed by atoms with Crippen molar-refractivity contribution >= 4 is 5.69 Å². The number of allylic oxidation sites excluding steroid dienone is 3. The highest BCUT2D eigenvalue weighted by atomic mass is 15.2. The minimum absolute atomic E-state index is 0.206. The van der Waals surface area contributed by atoms with Crippen LogP contribution in [-0.2, 0) is 5.41 Å². The van der Waals surface area contributed by atoms with Crippen molar-refractivity contribution in [2.45, 2.75) is 53.0 Å². The Bertz CT molecular complexity index is 663. The molecule has 1 atom stereocenters. The zero-order valence-corrected chi connectivity index (χ0v) is 14.6. The fourth-order valence-electron chi connectivity index (χ4n) is 3.33. The Hall–Kier alpha value is -1.76. The van der Waals surface area contributed by atoms with Crippen LogP contribution in [0.4, 0.5) is 5.69 Å². The molecule has 3 rings (SSSR count). The van der Waals surface area contributed by atoms with Crippen LogP contribution in [0.2, 0.25) is 0 Å². The molecule has 116 valence electrons. The first-order valence-electron chi connectivity index (χ1n) is 8.29. The van der Waals surface area contributed by atoms with Gasteiger partial charge in [0, 0.05) is 11.4 Å². The number of rotatable bonds is 2. The molecule has 1 aliphatic carbocycles. The van der Waals surface area contributed by atoms with Gasteiger partial charge in [0.25, 0.3) is 0 Å². The minimum atomic E-state index is 0.206. The molecule has 1 aliphatic heterocycles. The van der Waals surface area contributed by atoms with Crippen LogP contribution in [0.25, 0.3) is 0 Å². The number of hydrogen-bond acceptors (Lipinski definition) is 1. The molecule has 22 heavy (non-hydrogen) atoms. The fraction of sp³-hybridized carbons (Fsp3) is 0.429. The van der Waals surface area contributed by atoms with Crippen LogP contribution in [0, 0.1) is 5.92 Å². The molecule has 1 heteroatoms. The van der Waals surface area contributed by atoms with Crippen molar-refractivity contribution < 1.29 is 0 Å². The third-order valence-electron chi connectivity index (χ3n) is 4.74. The molecule has 0 radical (unpaired) electrons. The number of anilines is 1. The van der Waals surface area contributed by atoms with Crippen LogP contribution < -0.4 is 4.90 Å². The summed E-state index contributed by atoms with van der Waals surface area (Å²) in [5.74, 6) is 0.594. The van der Waals surface area contributed by atoms with Gasteiger partial charge in [-0.05, 0) is 53.2 Å². The number of benzene rings is 1. The number of hydrogen-bond donors (Lipinski definition) is 0. The summed E-state index contributed by atoms with van der Waals surface area (Å²) in [6.45, 7) is 13.5. The first-order chi connectivity index (χ1) is 10.3. The molecule has 0 saturated heterocycles. The summed E-state index contributed by atoms with van der Waals surface area (Å²) in [6.07, 6.45) is 7.11. The van der Waals surface area contributed by atoms with Crippen LogP contribution in [0.1, 0.15) is 47.1 Å². The van der Waals surface area contributed by atoms with E-state index in [0.717, 1.165) is 0 Å². The van der Waals surface area contributed by atoms with E-state index in [1.165, 1.54) is 28.1 Å². The maximum Gasteiger partial charge on any atom is 0.0778 e. The Balaban J connectivity index is 1.92. The summed E-state index contributed by atoms with van der Waals surface area (Å²) < 4.78 is 0. The second kappa shape index (κ2) is 5.15. The molecule has 2 aliphatic rings. The molecule has 1 aromatic rings. The van der Waals surface area contributed by atoms with Crippen LogP contribution in [0.5, 0.6) is 0 Å². The predicted octanol–water partition coefficient (Wildman–Crippen LogP) is 5.60. The Morgan fingerprint density at radius 3 is 2.18 bits per heavy atom. The summed E-state index contributed by atoms with van der Waals surface area (Å²) in [5, 5.41) is 0. The molecule has 0 amide bonds. The van der Waals surface area contributed by atoms with Crippen molar-refractivity contribution in [1.82, 2.24) is 0 Å². The lowest BCUT2D eigenvalue weighted by atomic mass is 9.87. The maximum absolute atomic E-state index is 2.45. The topological polar surface area (TPSA) is 3.24 Å². The monoisotopic (exact) mass is 293 g/mol. The van der Waals surface area contributed by atoms with Gasteiger partial charge in [-0.3, -0.25) is 0 Å². The van der Waals surface area contributed by atoms with Gasteiger partial charge in [-0.25, -0.2) is 0 Å². The van der Waals surface area contributed by atoms with Gasteiger partial charge in [0.15, 0.2) is 0 Å². The third-order valence-corrected chi connectivity index (χ3v) is 4.74. The van der Waals surface area contributed by atoms with E-state index in [1.807, 2.05) is 0 Å². The Morgan fingerprint density at radius 2 is 1.64 bits per heavy atom. The lowest BCUT2D eigenvalue weighted by Crippen LogP contribution is -2.27. The molecule has 0 fully saturated rings. The smallest absolute Gasteiger partial charge is 0.0778 e. The molecular weight excluding hydrogens is 266 g/mol. The van der Waals surface area contributed by atoms with E-state index in [9.17, 15) is 0 Å². The quantitative estimate of drug-likeness (QED) is 0.686. The van der Waals surface area contributed by atoms with Gasteiger partial charge in [0.1, 0.15) is 0 Å². The van der Waals surface area contributed by atoms with Crippen molar-refractivity contribution in [1.29, 1.82) is 0 Å². The fourth-order valence-corrected chi connectivity index (χ4v) is 3.33. The second-order valence-electron chi connectivity index (χ2n) is 7.86. The molecule has 1 unspecified atom stereocenters. The highest BCUT2D eigenvalue weighted by molar-refractivity contribution is 5.66. The molecule has 0 saturated carbocycles. The second-order valence-corrected chi connectivity index (χ2v) is 7.86. The van der Waals surface area contributed by atoms with Gasteiger partial charge in [-0.15, -0.1) is 0 Å². The Kier molecular flexibility index (Phi) is 3.55. The number of fused-ring (bicyclic) bond motifs is 1. The van der Waals surface area contributed by atoms with E-state index >= 15 is 0 Å². The van der Waals surface area contributed by atoms with E-state index in [4.69, 9.17) is 0 Å². The minimum Gasteiger partial charge on any atom is -0.334 e. The molecule has 0 spiro atoms. The van der Waals surface area contributed by atoms with Crippen molar-refractivity contribution in [3.63, 3.8) is 0 Å². The average molecular weight is 293 g/mol.